The van der Waals surface area contributed by atoms with Gasteiger partial charge in [0.25, 0.3) is 11.8 Å². The zero-order valence-corrected chi connectivity index (χ0v) is 20.9. The fraction of sp³-hybridized carbons (Fsp3) is 0.286. The minimum absolute atomic E-state index is 0.00336. The van der Waals surface area contributed by atoms with Crippen LogP contribution in [-0.2, 0) is 25.9 Å². The van der Waals surface area contributed by atoms with E-state index in [2.05, 4.69) is 0 Å². The zero-order chi connectivity index (χ0) is 25.6. The number of likely N-dealkylation sites (tertiary alicyclic amines) is 1. The standard InChI is InChI=1S/C28H26N2O6S/c31-26(29-14-12-28(13-15-29)35-16-17-36-28)21-10-11-25-23(18-21)30(19-20-6-2-1-3-7-20)27(32)22-8-4-5-9-24(22)37(25,33)34/h1-11,18H,12-17,19H2. The van der Waals surface area contributed by atoms with Crippen LogP contribution < -0.4 is 4.90 Å². The number of carbonyl (C=O) groups is 2. The number of sulfone groups is 1. The molecule has 0 saturated carbocycles. The normalized spacial score (nSPS) is 19.8. The number of ether oxygens (including phenoxy) is 2. The van der Waals surface area contributed by atoms with Crippen LogP contribution >= 0.6 is 0 Å². The van der Waals surface area contributed by atoms with Crippen LogP contribution in [0.3, 0.4) is 0 Å². The summed E-state index contributed by atoms with van der Waals surface area (Å²) in [6.07, 6.45) is 1.15. The second-order valence-corrected chi connectivity index (χ2v) is 11.3. The smallest absolute Gasteiger partial charge is 0.259 e. The van der Waals surface area contributed by atoms with Crippen LogP contribution in [0.5, 0.6) is 0 Å². The van der Waals surface area contributed by atoms with Gasteiger partial charge in [0.05, 0.1) is 40.8 Å². The van der Waals surface area contributed by atoms with Crippen LogP contribution in [0.4, 0.5) is 5.69 Å². The van der Waals surface area contributed by atoms with Crippen molar-refractivity contribution in [3.8, 4) is 0 Å². The third-order valence-corrected chi connectivity index (χ3v) is 9.11. The second kappa shape index (κ2) is 9.09. The van der Waals surface area contributed by atoms with Gasteiger partial charge in [-0.1, -0.05) is 42.5 Å². The first-order chi connectivity index (χ1) is 17.9. The third kappa shape index (κ3) is 4.13. The summed E-state index contributed by atoms with van der Waals surface area (Å²) in [5.74, 6) is -1.26. The topological polar surface area (TPSA) is 93.2 Å². The third-order valence-electron chi connectivity index (χ3n) is 7.25. The molecule has 6 rings (SSSR count). The molecule has 8 nitrogen and oxygen atoms in total. The largest absolute Gasteiger partial charge is 0.347 e. The minimum atomic E-state index is -4.00. The van der Waals surface area contributed by atoms with E-state index in [-0.39, 0.29) is 33.5 Å². The summed E-state index contributed by atoms with van der Waals surface area (Å²) in [5, 5.41) is 0. The highest BCUT2D eigenvalue weighted by atomic mass is 32.2. The molecule has 1 spiro atoms. The van der Waals surface area contributed by atoms with E-state index < -0.39 is 21.5 Å². The lowest BCUT2D eigenvalue weighted by Crippen LogP contribution is -2.47. The first-order valence-electron chi connectivity index (χ1n) is 12.3. The Balaban J connectivity index is 1.40. The lowest BCUT2D eigenvalue weighted by molar-refractivity contribution is -0.181. The number of carbonyl (C=O) groups excluding carboxylic acids is 2. The van der Waals surface area contributed by atoms with Gasteiger partial charge in [0.15, 0.2) is 5.79 Å². The SMILES string of the molecule is O=C(c1ccc2c(c1)N(Cc1ccccc1)C(=O)c1ccccc1S2(=O)=O)N1CCC2(CC1)OCCO2. The molecule has 2 saturated heterocycles. The first-order valence-corrected chi connectivity index (χ1v) is 13.8. The Kier molecular flexibility index (Phi) is 5.86. The van der Waals surface area contributed by atoms with Crippen molar-refractivity contribution in [1.82, 2.24) is 4.90 Å². The van der Waals surface area contributed by atoms with E-state index in [1.807, 2.05) is 30.3 Å². The van der Waals surface area contributed by atoms with Gasteiger partial charge in [-0.3, -0.25) is 9.59 Å². The number of benzene rings is 3. The summed E-state index contributed by atoms with van der Waals surface area (Å²) in [5.41, 5.74) is 1.48. The van der Waals surface area contributed by atoms with Crippen molar-refractivity contribution in [3.63, 3.8) is 0 Å². The Morgan fingerprint density at radius 2 is 1.54 bits per heavy atom. The predicted molar refractivity (Wildman–Crippen MR) is 135 cm³/mol. The van der Waals surface area contributed by atoms with Crippen LogP contribution in [0.15, 0.2) is 82.6 Å². The van der Waals surface area contributed by atoms with Gasteiger partial charge in [0, 0.05) is 31.5 Å². The molecule has 0 aliphatic carbocycles. The van der Waals surface area contributed by atoms with E-state index >= 15 is 0 Å². The summed E-state index contributed by atoms with van der Waals surface area (Å²) in [4.78, 5) is 30.4. The lowest BCUT2D eigenvalue weighted by atomic mass is 10.0. The average molecular weight is 519 g/mol. The number of nitrogens with zero attached hydrogens (tertiary/aromatic N) is 2. The highest BCUT2D eigenvalue weighted by molar-refractivity contribution is 7.91. The van der Waals surface area contributed by atoms with Gasteiger partial charge in [-0.2, -0.15) is 0 Å². The van der Waals surface area contributed by atoms with Crippen LogP contribution in [0.25, 0.3) is 0 Å². The van der Waals surface area contributed by atoms with Crippen molar-refractivity contribution >= 4 is 27.3 Å². The van der Waals surface area contributed by atoms with Crippen LogP contribution in [-0.4, -0.2) is 57.2 Å². The average Bonchev–Trinajstić information content (AvgIpc) is 3.37. The highest BCUT2D eigenvalue weighted by Crippen LogP contribution is 2.39. The lowest BCUT2D eigenvalue weighted by Gasteiger charge is -2.37. The van der Waals surface area contributed by atoms with Crippen molar-refractivity contribution in [1.29, 1.82) is 0 Å². The minimum Gasteiger partial charge on any atom is -0.347 e. The van der Waals surface area contributed by atoms with Crippen LogP contribution in [0.1, 0.15) is 39.1 Å². The number of rotatable bonds is 3. The maximum atomic E-state index is 13.8. The molecule has 3 aliphatic rings. The molecule has 3 aromatic rings. The molecule has 3 aliphatic heterocycles. The fourth-order valence-electron chi connectivity index (χ4n) is 5.28. The molecule has 190 valence electrons. The van der Waals surface area contributed by atoms with E-state index in [1.165, 1.54) is 35.2 Å². The Morgan fingerprint density at radius 1 is 0.865 bits per heavy atom. The van der Waals surface area contributed by atoms with E-state index in [1.54, 1.807) is 17.0 Å². The summed E-state index contributed by atoms with van der Waals surface area (Å²) in [7, 11) is -4.00. The number of hydrogen-bond donors (Lipinski definition) is 0. The van der Waals surface area contributed by atoms with Gasteiger partial charge < -0.3 is 19.3 Å². The fourth-order valence-corrected chi connectivity index (χ4v) is 6.91. The number of fused-ring (bicyclic) bond motifs is 2. The van der Waals surface area contributed by atoms with Crippen molar-refractivity contribution in [2.45, 2.75) is 35.0 Å². The van der Waals surface area contributed by atoms with Gasteiger partial charge in [-0.05, 0) is 35.9 Å². The Bertz CT molecular complexity index is 1470. The van der Waals surface area contributed by atoms with E-state index in [0.29, 0.717) is 44.7 Å². The molecule has 9 heteroatoms. The van der Waals surface area contributed by atoms with E-state index in [4.69, 9.17) is 9.47 Å². The molecule has 0 bridgehead atoms. The van der Waals surface area contributed by atoms with Gasteiger partial charge in [0.2, 0.25) is 9.84 Å². The number of anilines is 1. The molecule has 37 heavy (non-hydrogen) atoms. The molecule has 0 atom stereocenters. The molecule has 0 aromatic heterocycles. The maximum Gasteiger partial charge on any atom is 0.259 e. The summed E-state index contributed by atoms with van der Waals surface area (Å²) in [6, 6.07) is 20.1. The number of hydrogen-bond acceptors (Lipinski definition) is 6. The van der Waals surface area contributed by atoms with Gasteiger partial charge in [-0.15, -0.1) is 0 Å². The molecule has 3 aromatic carbocycles. The van der Waals surface area contributed by atoms with Gasteiger partial charge >= 0.3 is 0 Å². The van der Waals surface area contributed by atoms with Crippen LogP contribution in [0, 0.1) is 0 Å². The van der Waals surface area contributed by atoms with E-state index in [0.717, 1.165) is 5.56 Å². The monoisotopic (exact) mass is 518 g/mol. The maximum absolute atomic E-state index is 13.8. The van der Waals surface area contributed by atoms with Crippen molar-refractivity contribution in [3.05, 3.63) is 89.5 Å². The van der Waals surface area contributed by atoms with Crippen molar-refractivity contribution in [2.75, 3.05) is 31.2 Å². The van der Waals surface area contributed by atoms with Crippen LogP contribution in [0.2, 0.25) is 0 Å². The highest BCUT2D eigenvalue weighted by Gasteiger charge is 2.41. The predicted octanol–water partition coefficient (Wildman–Crippen LogP) is 3.66. The van der Waals surface area contributed by atoms with Crippen molar-refractivity contribution in [2.24, 2.45) is 0 Å². The summed E-state index contributed by atoms with van der Waals surface area (Å²) < 4.78 is 38.9. The second-order valence-electron chi connectivity index (χ2n) is 9.46. The zero-order valence-electron chi connectivity index (χ0n) is 20.1. The number of piperidine rings is 1. The first kappa shape index (κ1) is 23.8. The van der Waals surface area contributed by atoms with Crippen molar-refractivity contribution < 1.29 is 27.5 Å². The van der Waals surface area contributed by atoms with Gasteiger partial charge in [-0.25, -0.2) is 8.42 Å². The van der Waals surface area contributed by atoms with Gasteiger partial charge in [0.1, 0.15) is 0 Å². The molecule has 2 fully saturated rings. The Morgan fingerprint density at radius 3 is 2.27 bits per heavy atom. The number of amides is 2. The molecule has 3 heterocycles. The molecule has 2 amide bonds. The Hall–Kier alpha value is -3.53. The quantitative estimate of drug-likeness (QED) is 0.526. The van der Waals surface area contributed by atoms with E-state index in [9.17, 15) is 18.0 Å². The molecular formula is C28H26N2O6S. The Labute approximate surface area is 215 Å². The molecular weight excluding hydrogens is 492 g/mol. The summed E-state index contributed by atoms with van der Waals surface area (Å²) in [6.45, 7) is 2.20. The molecule has 0 unspecified atom stereocenters. The molecule has 0 N–H and O–H groups in total. The molecule has 0 radical (unpaired) electrons. The summed E-state index contributed by atoms with van der Waals surface area (Å²) >= 11 is 0.